The molecule has 0 bridgehead atoms. The predicted molar refractivity (Wildman–Crippen MR) is 126 cm³/mol. The standard InChI is InChI=1S/C25H28O9/c1-27-15-12-20(31-5)25(21(13-15)32-6)34-24-18(29-3)10-14(11-19(24)30-4)16-8-9-17(28-2)22(26)23(16)33-7/h8-13,26H,1-7H3. The van der Waals surface area contributed by atoms with Crippen LogP contribution in [0.3, 0.4) is 0 Å². The van der Waals surface area contributed by atoms with Crippen LogP contribution in [0, 0.1) is 0 Å². The lowest BCUT2D eigenvalue weighted by Crippen LogP contribution is -2.00. The van der Waals surface area contributed by atoms with E-state index >= 15 is 0 Å². The number of hydrogen-bond donors (Lipinski definition) is 1. The van der Waals surface area contributed by atoms with E-state index < -0.39 is 0 Å². The Morgan fingerprint density at radius 2 is 0.971 bits per heavy atom. The topological polar surface area (TPSA) is 94.1 Å². The van der Waals surface area contributed by atoms with Gasteiger partial charge in [-0.2, -0.15) is 0 Å². The van der Waals surface area contributed by atoms with Crippen LogP contribution in [-0.4, -0.2) is 54.9 Å². The molecule has 0 saturated heterocycles. The largest absolute Gasteiger partial charge is 0.502 e. The van der Waals surface area contributed by atoms with Crippen molar-refractivity contribution in [3.05, 3.63) is 36.4 Å². The molecular formula is C25H28O9. The molecule has 0 unspecified atom stereocenters. The van der Waals surface area contributed by atoms with Crippen LogP contribution in [-0.2, 0) is 0 Å². The maximum atomic E-state index is 10.5. The molecule has 3 aromatic rings. The first-order valence-corrected chi connectivity index (χ1v) is 10.1. The molecule has 1 N–H and O–H groups in total. The van der Waals surface area contributed by atoms with Gasteiger partial charge in [0.25, 0.3) is 0 Å². The molecule has 0 amide bonds. The van der Waals surface area contributed by atoms with Crippen molar-refractivity contribution in [2.24, 2.45) is 0 Å². The summed E-state index contributed by atoms with van der Waals surface area (Å²) in [6.07, 6.45) is 0. The van der Waals surface area contributed by atoms with Crippen molar-refractivity contribution in [2.75, 3.05) is 49.8 Å². The molecule has 0 radical (unpaired) electrons. The number of methoxy groups -OCH3 is 7. The minimum Gasteiger partial charge on any atom is -0.502 e. The highest BCUT2D eigenvalue weighted by Gasteiger charge is 2.23. The molecule has 34 heavy (non-hydrogen) atoms. The van der Waals surface area contributed by atoms with Crippen LogP contribution in [0.2, 0.25) is 0 Å². The fraction of sp³-hybridized carbons (Fsp3) is 0.280. The lowest BCUT2D eigenvalue weighted by molar-refractivity contribution is 0.313. The number of aromatic hydroxyl groups is 1. The van der Waals surface area contributed by atoms with Gasteiger partial charge in [-0.3, -0.25) is 0 Å². The molecule has 182 valence electrons. The van der Waals surface area contributed by atoms with Crippen molar-refractivity contribution >= 4 is 0 Å². The van der Waals surface area contributed by atoms with Crippen molar-refractivity contribution in [1.29, 1.82) is 0 Å². The highest BCUT2D eigenvalue weighted by atomic mass is 16.6. The first-order valence-electron chi connectivity index (χ1n) is 10.1. The normalized spacial score (nSPS) is 10.3. The summed E-state index contributed by atoms with van der Waals surface area (Å²) in [6.45, 7) is 0. The zero-order chi connectivity index (χ0) is 24.8. The molecule has 0 aromatic heterocycles. The van der Waals surface area contributed by atoms with E-state index in [0.717, 1.165) is 0 Å². The Labute approximate surface area is 198 Å². The van der Waals surface area contributed by atoms with Gasteiger partial charge in [0.2, 0.25) is 17.2 Å². The summed E-state index contributed by atoms with van der Waals surface area (Å²) in [7, 11) is 10.5. The third-order valence-electron chi connectivity index (χ3n) is 5.16. The zero-order valence-electron chi connectivity index (χ0n) is 20.2. The molecule has 3 aromatic carbocycles. The van der Waals surface area contributed by atoms with E-state index in [1.807, 2.05) is 0 Å². The fourth-order valence-corrected chi connectivity index (χ4v) is 3.46. The van der Waals surface area contributed by atoms with Crippen molar-refractivity contribution in [2.45, 2.75) is 0 Å². The molecule has 0 aliphatic rings. The van der Waals surface area contributed by atoms with Gasteiger partial charge in [0, 0.05) is 17.7 Å². The summed E-state index contributed by atoms with van der Waals surface area (Å²) < 4.78 is 44.4. The van der Waals surface area contributed by atoms with E-state index in [0.29, 0.717) is 51.4 Å². The molecule has 0 aliphatic carbocycles. The summed E-state index contributed by atoms with van der Waals surface area (Å²) in [5, 5.41) is 10.5. The molecule has 0 fully saturated rings. The van der Waals surface area contributed by atoms with Crippen LogP contribution in [0.1, 0.15) is 0 Å². The van der Waals surface area contributed by atoms with Crippen LogP contribution in [0.25, 0.3) is 11.1 Å². The van der Waals surface area contributed by atoms with Gasteiger partial charge in [-0.15, -0.1) is 0 Å². The minimum atomic E-state index is -0.117. The van der Waals surface area contributed by atoms with E-state index in [2.05, 4.69) is 0 Å². The molecule has 0 aliphatic heterocycles. The Hall–Kier alpha value is -4.14. The quantitative estimate of drug-likeness (QED) is 0.442. The van der Waals surface area contributed by atoms with Crippen molar-refractivity contribution in [1.82, 2.24) is 0 Å². The average Bonchev–Trinajstić information content (AvgIpc) is 2.88. The predicted octanol–water partition coefficient (Wildman–Crippen LogP) is 4.91. The molecule has 0 saturated carbocycles. The van der Waals surface area contributed by atoms with Gasteiger partial charge >= 0.3 is 0 Å². The van der Waals surface area contributed by atoms with Crippen LogP contribution in [0.15, 0.2) is 36.4 Å². The molecule has 9 nitrogen and oxygen atoms in total. The molecular weight excluding hydrogens is 444 g/mol. The molecule has 0 atom stereocenters. The van der Waals surface area contributed by atoms with Crippen LogP contribution in [0.4, 0.5) is 0 Å². The third-order valence-corrected chi connectivity index (χ3v) is 5.16. The van der Waals surface area contributed by atoms with E-state index in [1.54, 1.807) is 43.5 Å². The van der Waals surface area contributed by atoms with E-state index in [4.69, 9.17) is 37.9 Å². The van der Waals surface area contributed by atoms with Gasteiger partial charge in [-0.05, 0) is 29.8 Å². The van der Waals surface area contributed by atoms with Crippen molar-refractivity contribution in [3.63, 3.8) is 0 Å². The highest BCUT2D eigenvalue weighted by molar-refractivity contribution is 5.79. The SMILES string of the molecule is COc1cc(OC)c(Oc2c(OC)cc(-c3ccc(OC)c(O)c3OC)cc2OC)c(OC)c1. The molecule has 0 heterocycles. The Kier molecular flexibility index (Phi) is 7.68. The lowest BCUT2D eigenvalue weighted by Gasteiger charge is -2.20. The molecule has 3 rings (SSSR count). The van der Waals surface area contributed by atoms with Crippen LogP contribution in [0.5, 0.6) is 57.5 Å². The minimum absolute atomic E-state index is 0.117. The smallest absolute Gasteiger partial charge is 0.211 e. The maximum Gasteiger partial charge on any atom is 0.211 e. The summed E-state index contributed by atoms with van der Waals surface area (Å²) in [6, 6.07) is 10.2. The second-order valence-electron chi connectivity index (χ2n) is 6.87. The van der Waals surface area contributed by atoms with E-state index in [-0.39, 0.29) is 17.2 Å². The second-order valence-corrected chi connectivity index (χ2v) is 6.87. The summed E-state index contributed by atoms with van der Waals surface area (Å²) in [4.78, 5) is 0. The zero-order valence-corrected chi connectivity index (χ0v) is 20.2. The number of ether oxygens (including phenoxy) is 8. The van der Waals surface area contributed by atoms with Crippen molar-refractivity contribution < 1.29 is 43.0 Å². The van der Waals surface area contributed by atoms with Gasteiger partial charge in [0.15, 0.2) is 34.5 Å². The van der Waals surface area contributed by atoms with E-state index in [9.17, 15) is 5.11 Å². The number of rotatable bonds is 10. The highest BCUT2D eigenvalue weighted by Crippen LogP contribution is 2.51. The Morgan fingerprint density at radius 3 is 1.38 bits per heavy atom. The molecule has 0 spiro atoms. The first-order chi connectivity index (χ1) is 16.5. The Morgan fingerprint density at radius 1 is 0.500 bits per heavy atom. The van der Waals surface area contributed by atoms with Gasteiger partial charge in [-0.1, -0.05) is 0 Å². The summed E-state index contributed by atoms with van der Waals surface area (Å²) >= 11 is 0. The van der Waals surface area contributed by atoms with Crippen molar-refractivity contribution in [3.8, 4) is 68.6 Å². The molecule has 9 heteroatoms. The first kappa shape index (κ1) is 24.5. The van der Waals surface area contributed by atoms with Crippen LogP contribution >= 0.6 is 0 Å². The third kappa shape index (κ3) is 4.50. The van der Waals surface area contributed by atoms with Crippen LogP contribution < -0.4 is 37.9 Å². The number of hydrogen-bond acceptors (Lipinski definition) is 9. The van der Waals surface area contributed by atoms with Gasteiger partial charge in [0.1, 0.15) is 5.75 Å². The summed E-state index contributed by atoms with van der Waals surface area (Å²) in [5.41, 5.74) is 1.26. The average molecular weight is 472 g/mol. The second kappa shape index (κ2) is 10.7. The lowest BCUT2D eigenvalue weighted by atomic mass is 10.0. The Balaban J connectivity index is 2.18. The van der Waals surface area contributed by atoms with E-state index in [1.165, 1.54) is 42.7 Å². The van der Waals surface area contributed by atoms with Gasteiger partial charge in [0.05, 0.1) is 49.8 Å². The number of phenolic OH excluding ortho intramolecular Hbond substituents is 1. The summed E-state index contributed by atoms with van der Waals surface area (Å²) in [5.74, 6) is 3.10. The fourth-order valence-electron chi connectivity index (χ4n) is 3.46. The van der Waals surface area contributed by atoms with Gasteiger partial charge in [-0.25, -0.2) is 0 Å². The maximum absolute atomic E-state index is 10.5. The monoisotopic (exact) mass is 472 g/mol. The number of benzene rings is 3. The van der Waals surface area contributed by atoms with Gasteiger partial charge < -0.3 is 43.0 Å². The Bertz CT molecular complexity index is 1110. The number of phenols is 1.